The van der Waals surface area contributed by atoms with Crippen LogP contribution in [0.1, 0.15) is 19.2 Å². The zero-order valence-corrected chi connectivity index (χ0v) is 12.3. The van der Waals surface area contributed by atoms with Crippen LogP contribution in [0.3, 0.4) is 0 Å². The molecule has 0 aliphatic heterocycles. The summed E-state index contributed by atoms with van der Waals surface area (Å²) in [6.45, 7) is 4.87. The van der Waals surface area contributed by atoms with Gasteiger partial charge in [-0.25, -0.2) is 9.97 Å². The summed E-state index contributed by atoms with van der Waals surface area (Å²) in [5.74, 6) is 2.39. The van der Waals surface area contributed by atoms with Crippen molar-refractivity contribution in [2.24, 2.45) is 0 Å². The van der Waals surface area contributed by atoms with E-state index in [2.05, 4.69) is 22.2 Å². The molecule has 1 rings (SSSR count). The zero-order valence-electron chi connectivity index (χ0n) is 12.3. The normalized spacial score (nSPS) is 10.5. The fourth-order valence-corrected chi connectivity index (χ4v) is 1.56. The van der Waals surface area contributed by atoms with Crippen molar-refractivity contribution in [3.05, 3.63) is 11.9 Å². The summed E-state index contributed by atoms with van der Waals surface area (Å²) < 4.78 is 10.2. The highest BCUT2D eigenvalue weighted by atomic mass is 16.5. The van der Waals surface area contributed by atoms with Crippen molar-refractivity contribution in [2.45, 2.75) is 20.0 Å². The number of hydrogen-bond acceptors (Lipinski definition) is 6. The van der Waals surface area contributed by atoms with Crippen molar-refractivity contribution in [3.63, 3.8) is 0 Å². The molecule has 6 nitrogen and oxygen atoms in total. The molecule has 0 fully saturated rings. The summed E-state index contributed by atoms with van der Waals surface area (Å²) in [6.07, 6.45) is 1.05. The van der Waals surface area contributed by atoms with Gasteiger partial charge in [0.05, 0.1) is 6.61 Å². The molecule has 1 aromatic heterocycles. The lowest BCUT2D eigenvalue weighted by molar-refractivity contribution is 0.178. The van der Waals surface area contributed by atoms with Crippen LogP contribution in [-0.4, -0.2) is 50.9 Å². The molecule has 108 valence electrons. The highest BCUT2D eigenvalue weighted by Gasteiger charge is 2.08. The zero-order chi connectivity index (χ0) is 14.1. The van der Waals surface area contributed by atoms with Gasteiger partial charge in [0.15, 0.2) is 5.82 Å². The van der Waals surface area contributed by atoms with Crippen molar-refractivity contribution in [2.75, 3.05) is 51.2 Å². The number of hydrogen-bond donors (Lipinski definition) is 1. The van der Waals surface area contributed by atoms with Gasteiger partial charge in [-0.3, -0.25) is 0 Å². The van der Waals surface area contributed by atoms with E-state index in [0.717, 1.165) is 31.1 Å². The van der Waals surface area contributed by atoms with Crippen LogP contribution in [0.5, 0.6) is 0 Å². The van der Waals surface area contributed by atoms with Gasteiger partial charge in [0.1, 0.15) is 18.2 Å². The van der Waals surface area contributed by atoms with E-state index in [-0.39, 0.29) is 0 Å². The van der Waals surface area contributed by atoms with Gasteiger partial charge in [-0.15, -0.1) is 0 Å². The van der Waals surface area contributed by atoms with E-state index in [9.17, 15) is 0 Å². The first kappa shape index (κ1) is 15.7. The Balaban J connectivity index is 2.84. The molecule has 0 saturated carbocycles. The molecule has 0 bridgehead atoms. The van der Waals surface area contributed by atoms with Gasteiger partial charge in [-0.1, -0.05) is 6.92 Å². The number of nitrogens with one attached hydrogen (secondary N) is 1. The van der Waals surface area contributed by atoms with Crippen LogP contribution < -0.4 is 10.2 Å². The maximum atomic E-state index is 5.11. The number of likely N-dealkylation sites (N-methyl/N-ethyl adjacent to an activating group) is 1. The van der Waals surface area contributed by atoms with E-state index < -0.39 is 0 Å². The molecule has 0 unspecified atom stereocenters. The molecule has 1 N–H and O–H groups in total. The molecule has 0 amide bonds. The fraction of sp³-hybridized carbons (Fsp3) is 0.692. The first-order valence-electron chi connectivity index (χ1n) is 6.52. The smallest absolute Gasteiger partial charge is 0.158 e. The number of methoxy groups -OCH3 is 2. The Bertz CT molecular complexity index is 374. The molecule has 0 aromatic carbocycles. The Labute approximate surface area is 115 Å². The third-order valence-corrected chi connectivity index (χ3v) is 2.61. The Morgan fingerprint density at radius 2 is 2.05 bits per heavy atom. The molecule has 1 aromatic rings. The molecule has 0 saturated heterocycles. The van der Waals surface area contributed by atoms with Crippen molar-refractivity contribution in [1.29, 1.82) is 0 Å². The van der Waals surface area contributed by atoms with Gasteiger partial charge in [-0.05, 0) is 6.42 Å². The number of rotatable bonds is 9. The number of anilines is 2. The van der Waals surface area contributed by atoms with Crippen molar-refractivity contribution in [1.82, 2.24) is 9.97 Å². The second-order valence-electron chi connectivity index (χ2n) is 4.30. The summed E-state index contributed by atoms with van der Waals surface area (Å²) in [5, 5.41) is 3.28. The third-order valence-electron chi connectivity index (χ3n) is 2.61. The van der Waals surface area contributed by atoms with Crippen LogP contribution in [-0.2, 0) is 16.1 Å². The molecular weight excluding hydrogens is 244 g/mol. The maximum Gasteiger partial charge on any atom is 0.158 e. The molecule has 19 heavy (non-hydrogen) atoms. The van der Waals surface area contributed by atoms with Crippen molar-refractivity contribution in [3.8, 4) is 0 Å². The first-order chi connectivity index (χ1) is 9.21. The van der Waals surface area contributed by atoms with Gasteiger partial charge < -0.3 is 19.7 Å². The Morgan fingerprint density at radius 3 is 2.68 bits per heavy atom. The summed E-state index contributed by atoms with van der Waals surface area (Å²) in [6, 6.07) is 1.95. The molecule has 0 spiro atoms. The van der Waals surface area contributed by atoms with E-state index in [1.54, 1.807) is 14.2 Å². The average molecular weight is 268 g/mol. The molecule has 0 atom stereocenters. The minimum atomic E-state index is 0.409. The molecule has 0 aliphatic carbocycles. The Kier molecular flexibility index (Phi) is 7.14. The van der Waals surface area contributed by atoms with Crippen LogP contribution >= 0.6 is 0 Å². The van der Waals surface area contributed by atoms with Crippen LogP contribution in [0.4, 0.5) is 11.6 Å². The van der Waals surface area contributed by atoms with E-state index in [1.807, 2.05) is 18.0 Å². The van der Waals surface area contributed by atoms with Crippen molar-refractivity contribution >= 4 is 11.6 Å². The van der Waals surface area contributed by atoms with Crippen LogP contribution in [0.15, 0.2) is 6.07 Å². The molecule has 1 heterocycles. The second-order valence-corrected chi connectivity index (χ2v) is 4.30. The molecule has 6 heteroatoms. The highest BCUT2D eigenvalue weighted by Crippen LogP contribution is 2.15. The van der Waals surface area contributed by atoms with E-state index >= 15 is 0 Å². The summed E-state index contributed by atoms with van der Waals surface area (Å²) in [7, 11) is 5.32. The third kappa shape index (κ3) is 5.40. The monoisotopic (exact) mass is 268 g/mol. The van der Waals surface area contributed by atoms with Crippen LogP contribution in [0.2, 0.25) is 0 Å². The fourth-order valence-electron chi connectivity index (χ4n) is 1.56. The number of aromatic nitrogens is 2. The van der Waals surface area contributed by atoms with Crippen molar-refractivity contribution < 1.29 is 9.47 Å². The predicted molar refractivity (Wildman–Crippen MR) is 76.7 cm³/mol. The van der Waals surface area contributed by atoms with Crippen LogP contribution in [0.25, 0.3) is 0 Å². The van der Waals surface area contributed by atoms with Gasteiger partial charge in [0.25, 0.3) is 0 Å². The Hall–Kier alpha value is -1.40. The minimum absolute atomic E-state index is 0.409. The predicted octanol–water partition coefficient (Wildman–Crippen LogP) is 1.53. The topological polar surface area (TPSA) is 59.5 Å². The average Bonchev–Trinajstić information content (AvgIpc) is 2.42. The molecule has 0 radical (unpaired) electrons. The number of nitrogens with zero attached hydrogens (tertiary/aromatic N) is 3. The standard InChI is InChI=1S/C13H24N4O2/c1-5-6-14-11-9-13(17(2)7-8-18-3)16-12(15-11)10-19-4/h9H,5-8,10H2,1-4H3,(H,14,15,16). The summed E-state index contributed by atoms with van der Waals surface area (Å²) >= 11 is 0. The van der Waals surface area contributed by atoms with E-state index in [1.165, 1.54) is 0 Å². The molecule has 0 aliphatic rings. The minimum Gasteiger partial charge on any atom is -0.383 e. The summed E-state index contributed by atoms with van der Waals surface area (Å²) in [4.78, 5) is 10.9. The second kappa shape index (κ2) is 8.66. The molecular formula is C13H24N4O2. The van der Waals surface area contributed by atoms with E-state index in [0.29, 0.717) is 19.0 Å². The summed E-state index contributed by atoms with van der Waals surface area (Å²) in [5.41, 5.74) is 0. The Morgan fingerprint density at radius 1 is 1.26 bits per heavy atom. The van der Waals surface area contributed by atoms with E-state index in [4.69, 9.17) is 9.47 Å². The van der Waals surface area contributed by atoms with Crippen LogP contribution in [0, 0.1) is 0 Å². The van der Waals surface area contributed by atoms with Gasteiger partial charge in [-0.2, -0.15) is 0 Å². The van der Waals surface area contributed by atoms with Gasteiger partial charge in [0.2, 0.25) is 0 Å². The first-order valence-corrected chi connectivity index (χ1v) is 6.52. The largest absolute Gasteiger partial charge is 0.383 e. The van der Waals surface area contributed by atoms with Gasteiger partial charge in [0, 0.05) is 40.4 Å². The lowest BCUT2D eigenvalue weighted by Gasteiger charge is -2.19. The maximum absolute atomic E-state index is 5.11. The van der Waals surface area contributed by atoms with Gasteiger partial charge >= 0.3 is 0 Å². The lowest BCUT2D eigenvalue weighted by Crippen LogP contribution is -2.24. The lowest BCUT2D eigenvalue weighted by atomic mass is 10.4. The number of ether oxygens (including phenoxy) is 2. The quantitative estimate of drug-likeness (QED) is 0.733. The highest BCUT2D eigenvalue weighted by molar-refractivity contribution is 5.49. The SMILES string of the molecule is CCCNc1cc(N(C)CCOC)nc(COC)n1.